The van der Waals surface area contributed by atoms with E-state index in [4.69, 9.17) is 20.8 Å². The normalized spacial score (nSPS) is 10.6. The Morgan fingerprint density at radius 2 is 1.86 bits per heavy atom. The molecule has 4 rings (SSSR count). The van der Waals surface area contributed by atoms with Gasteiger partial charge in [0.1, 0.15) is 5.75 Å². The van der Waals surface area contributed by atoms with Crippen molar-refractivity contribution in [1.29, 1.82) is 0 Å². The van der Waals surface area contributed by atoms with E-state index in [0.717, 1.165) is 5.01 Å². The zero-order chi connectivity index (χ0) is 19.3. The molecule has 0 spiro atoms. The highest BCUT2D eigenvalue weighted by Crippen LogP contribution is 2.33. The van der Waals surface area contributed by atoms with Gasteiger partial charge >= 0.3 is 0 Å². The molecule has 2 heterocycles. The zero-order valence-electron chi connectivity index (χ0n) is 14.6. The molecular formula is C21H15ClN2O3S. The van der Waals surface area contributed by atoms with Crippen LogP contribution in [0.15, 0.2) is 76.7 Å². The van der Waals surface area contributed by atoms with Gasteiger partial charge in [-0.15, -0.1) is 11.3 Å². The molecule has 0 saturated heterocycles. The van der Waals surface area contributed by atoms with Gasteiger partial charge in [0.25, 0.3) is 0 Å². The average Bonchev–Trinajstić information content (AvgIpc) is 3.37. The van der Waals surface area contributed by atoms with Crippen molar-refractivity contribution >= 4 is 34.5 Å². The van der Waals surface area contributed by atoms with Gasteiger partial charge in [-0.1, -0.05) is 35.9 Å². The summed E-state index contributed by atoms with van der Waals surface area (Å²) in [7, 11) is 0. The highest BCUT2D eigenvalue weighted by Gasteiger charge is 2.13. The summed E-state index contributed by atoms with van der Waals surface area (Å²) in [6, 6.07) is 18.0. The van der Waals surface area contributed by atoms with Crippen LogP contribution in [0.4, 0.5) is 5.69 Å². The largest absolute Gasteiger partial charge is 0.462 e. The average molecular weight is 411 g/mol. The summed E-state index contributed by atoms with van der Waals surface area (Å²) in [6.45, 7) is 0. The van der Waals surface area contributed by atoms with Crippen molar-refractivity contribution in [2.45, 2.75) is 6.42 Å². The molecule has 140 valence electrons. The topological polar surface area (TPSA) is 64.4 Å². The number of carbonyl (C=O) groups is 1. The standard InChI is InChI=1S/C21H15ClN2O3S/c22-15-6-1-3-8-17(15)27-18-9-4-2-7-16(18)24-20(25)12-14-13-28-21(23-14)19-10-5-11-26-19/h1-11,13H,12H2,(H,24,25). The van der Waals surface area contributed by atoms with E-state index in [0.29, 0.717) is 33.7 Å². The highest BCUT2D eigenvalue weighted by molar-refractivity contribution is 7.13. The zero-order valence-corrected chi connectivity index (χ0v) is 16.2. The number of para-hydroxylation sites is 3. The van der Waals surface area contributed by atoms with Crippen LogP contribution in [0.3, 0.4) is 0 Å². The maximum atomic E-state index is 12.5. The number of anilines is 1. The van der Waals surface area contributed by atoms with Crippen LogP contribution < -0.4 is 10.1 Å². The fourth-order valence-electron chi connectivity index (χ4n) is 2.57. The molecule has 0 aliphatic rings. The molecule has 0 aliphatic heterocycles. The first-order chi connectivity index (χ1) is 13.7. The third-order valence-electron chi connectivity index (χ3n) is 3.84. The molecule has 1 amide bonds. The number of nitrogens with zero attached hydrogens (tertiary/aromatic N) is 1. The first kappa shape index (κ1) is 18.3. The number of furan rings is 1. The van der Waals surface area contributed by atoms with Crippen LogP contribution in [0.2, 0.25) is 5.02 Å². The van der Waals surface area contributed by atoms with Crippen molar-refractivity contribution in [3.63, 3.8) is 0 Å². The summed E-state index contributed by atoms with van der Waals surface area (Å²) in [6.07, 6.45) is 1.75. The molecule has 0 aliphatic carbocycles. The van der Waals surface area contributed by atoms with E-state index >= 15 is 0 Å². The van der Waals surface area contributed by atoms with Crippen LogP contribution in [-0.2, 0) is 11.2 Å². The number of thiazole rings is 1. The number of hydrogen-bond donors (Lipinski definition) is 1. The van der Waals surface area contributed by atoms with E-state index in [1.165, 1.54) is 11.3 Å². The van der Waals surface area contributed by atoms with Crippen LogP contribution in [0.25, 0.3) is 10.8 Å². The van der Waals surface area contributed by atoms with Gasteiger partial charge in [0.05, 0.1) is 29.1 Å². The van der Waals surface area contributed by atoms with Crippen LogP contribution in [0.5, 0.6) is 11.5 Å². The number of rotatable bonds is 6. The molecule has 7 heteroatoms. The number of carbonyl (C=O) groups excluding carboxylic acids is 1. The number of hydrogen-bond acceptors (Lipinski definition) is 5. The van der Waals surface area contributed by atoms with Crippen LogP contribution in [0.1, 0.15) is 5.69 Å². The molecule has 5 nitrogen and oxygen atoms in total. The lowest BCUT2D eigenvalue weighted by molar-refractivity contribution is -0.115. The second-order valence-corrected chi connectivity index (χ2v) is 7.14. The molecule has 4 aromatic rings. The number of benzene rings is 2. The number of nitrogens with one attached hydrogen (secondary N) is 1. The van der Waals surface area contributed by atoms with Crippen molar-refractivity contribution in [2.75, 3.05) is 5.32 Å². The minimum atomic E-state index is -0.188. The minimum absolute atomic E-state index is 0.150. The molecule has 1 N–H and O–H groups in total. The Kier molecular flexibility index (Phi) is 5.41. The van der Waals surface area contributed by atoms with Gasteiger partial charge in [-0.2, -0.15) is 0 Å². The first-order valence-electron chi connectivity index (χ1n) is 8.48. The fourth-order valence-corrected chi connectivity index (χ4v) is 3.53. The highest BCUT2D eigenvalue weighted by atomic mass is 35.5. The molecule has 2 aromatic carbocycles. The summed E-state index contributed by atoms with van der Waals surface area (Å²) in [5.74, 6) is 1.54. The number of ether oxygens (including phenoxy) is 1. The van der Waals surface area contributed by atoms with Gasteiger partial charge in [-0.05, 0) is 36.4 Å². The van der Waals surface area contributed by atoms with E-state index in [9.17, 15) is 4.79 Å². The monoisotopic (exact) mass is 410 g/mol. The van der Waals surface area contributed by atoms with Crippen molar-refractivity contribution < 1.29 is 13.9 Å². The second-order valence-electron chi connectivity index (χ2n) is 5.87. The Morgan fingerprint density at radius 3 is 2.64 bits per heavy atom. The van der Waals surface area contributed by atoms with E-state index < -0.39 is 0 Å². The van der Waals surface area contributed by atoms with Crippen LogP contribution in [0, 0.1) is 0 Å². The van der Waals surface area contributed by atoms with E-state index in [1.54, 1.807) is 36.6 Å². The van der Waals surface area contributed by atoms with Gasteiger partial charge < -0.3 is 14.5 Å². The van der Waals surface area contributed by atoms with Gasteiger partial charge in [-0.25, -0.2) is 4.98 Å². The van der Waals surface area contributed by atoms with E-state index in [1.807, 2.05) is 35.7 Å². The van der Waals surface area contributed by atoms with E-state index in [2.05, 4.69) is 10.3 Å². The predicted molar refractivity (Wildman–Crippen MR) is 110 cm³/mol. The van der Waals surface area contributed by atoms with Gasteiger partial charge in [0.2, 0.25) is 5.91 Å². The molecular weight excluding hydrogens is 396 g/mol. The Balaban J connectivity index is 1.46. The van der Waals surface area contributed by atoms with Crippen molar-refractivity contribution in [3.8, 4) is 22.3 Å². The van der Waals surface area contributed by atoms with Crippen LogP contribution in [-0.4, -0.2) is 10.9 Å². The third-order valence-corrected chi connectivity index (χ3v) is 5.06. The summed E-state index contributed by atoms with van der Waals surface area (Å²) < 4.78 is 11.2. The lowest BCUT2D eigenvalue weighted by atomic mass is 10.2. The lowest BCUT2D eigenvalue weighted by Crippen LogP contribution is -2.15. The Bertz CT molecular complexity index is 1090. The molecule has 2 aromatic heterocycles. The number of amides is 1. The predicted octanol–water partition coefficient (Wildman–Crippen LogP) is 6.03. The Morgan fingerprint density at radius 1 is 1.07 bits per heavy atom. The smallest absolute Gasteiger partial charge is 0.230 e. The summed E-state index contributed by atoms with van der Waals surface area (Å²) in [5, 5.41) is 5.97. The maximum Gasteiger partial charge on any atom is 0.230 e. The third kappa shape index (κ3) is 4.24. The van der Waals surface area contributed by atoms with Gasteiger partial charge in [0, 0.05) is 5.38 Å². The lowest BCUT2D eigenvalue weighted by Gasteiger charge is -2.12. The van der Waals surface area contributed by atoms with Crippen molar-refractivity contribution in [3.05, 3.63) is 83.0 Å². The summed E-state index contributed by atoms with van der Waals surface area (Å²) in [4.78, 5) is 16.9. The Hall–Kier alpha value is -3.09. The minimum Gasteiger partial charge on any atom is -0.462 e. The SMILES string of the molecule is O=C(Cc1csc(-c2ccco2)n1)Nc1ccccc1Oc1ccccc1Cl. The molecule has 0 atom stereocenters. The quantitative estimate of drug-likeness (QED) is 0.421. The number of aromatic nitrogens is 1. The summed E-state index contributed by atoms with van der Waals surface area (Å²) in [5.41, 5.74) is 1.24. The van der Waals surface area contributed by atoms with Crippen molar-refractivity contribution in [2.24, 2.45) is 0 Å². The molecule has 0 radical (unpaired) electrons. The molecule has 0 fully saturated rings. The maximum absolute atomic E-state index is 12.5. The first-order valence-corrected chi connectivity index (χ1v) is 9.74. The molecule has 0 bridgehead atoms. The number of halogens is 1. The molecule has 0 unspecified atom stereocenters. The second kappa shape index (κ2) is 8.29. The molecule has 0 saturated carbocycles. The summed E-state index contributed by atoms with van der Waals surface area (Å²) >= 11 is 7.59. The Labute approximate surface area is 170 Å². The van der Waals surface area contributed by atoms with Crippen molar-refractivity contribution in [1.82, 2.24) is 4.98 Å². The van der Waals surface area contributed by atoms with Gasteiger partial charge in [-0.3, -0.25) is 4.79 Å². The fraction of sp³-hybridized carbons (Fsp3) is 0.0476. The molecule has 28 heavy (non-hydrogen) atoms. The van der Waals surface area contributed by atoms with E-state index in [-0.39, 0.29) is 12.3 Å². The van der Waals surface area contributed by atoms with Gasteiger partial charge in [0.15, 0.2) is 16.5 Å². The van der Waals surface area contributed by atoms with Crippen LogP contribution >= 0.6 is 22.9 Å².